The van der Waals surface area contributed by atoms with Crippen molar-refractivity contribution in [2.75, 3.05) is 0 Å². The standard InChI is InChI=1S/C29H27NO2/c1-4-24(23-9-7-8-19(2)18-23)28(22-15-12-21(13-16-22)14-17-27(31)32)29-20(3)25-10-5-6-11-26(25)30-29/h5-18,30H,4H2,1-3H3,(H,31,32)/b17-14+,28-24+. The van der Waals surface area contributed by atoms with E-state index in [2.05, 4.69) is 86.4 Å². The Bertz CT molecular complexity index is 1340. The summed E-state index contributed by atoms with van der Waals surface area (Å²) < 4.78 is 0. The van der Waals surface area contributed by atoms with Gasteiger partial charge >= 0.3 is 5.97 Å². The van der Waals surface area contributed by atoms with Gasteiger partial charge in [-0.05, 0) is 60.2 Å². The van der Waals surface area contributed by atoms with Crippen molar-refractivity contribution in [1.29, 1.82) is 0 Å². The zero-order valence-corrected chi connectivity index (χ0v) is 18.6. The van der Waals surface area contributed by atoms with Crippen molar-refractivity contribution in [3.63, 3.8) is 0 Å². The lowest BCUT2D eigenvalue weighted by molar-refractivity contribution is -0.131. The van der Waals surface area contributed by atoms with E-state index in [0.717, 1.165) is 34.8 Å². The molecule has 4 aromatic rings. The molecule has 0 radical (unpaired) electrons. The molecule has 0 saturated carbocycles. The van der Waals surface area contributed by atoms with Crippen molar-refractivity contribution in [2.24, 2.45) is 0 Å². The van der Waals surface area contributed by atoms with Gasteiger partial charge < -0.3 is 10.1 Å². The number of carboxylic acid groups (broad SMARTS) is 1. The molecule has 32 heavy (non-hydrogen) atoms. The van der Waals surface area contributed by atoms with Crippen LogP contribution in [0.15, 0.2) is 78.9 Å². The van der Waals surface area contributed by atoms with Crippen LogP contribution in [0.2, 0.25) is 0 Å². The number of hydrogen-bond donors (Lipinski definition) is 2. The predicted octanol–water partition coefficient (Wildman–Crippen LogP) is 7.25. The SMILES string of the molecule is CC/C(=C(/c1ccc(/C=C/C(=O)O)cc1)c1[nH]c2ccccc2c1C)c1cccc(C)c1. The lowest BCUT2D eigenvalue weighted by Gasteiger charge is -2.17. The molecule has 0 fully saturated rings. The molecular weight excluding hydrogens is 394 g/mol. The number of H-pyrrole nitrogens is 1. The third kappa shape index (κ3) is 4.28. The summed E-state index contributed by atoms with van der Waals surface area (Å²) in [6.07, 6.45) is 3.66. The second-order valence-corrected chi connectivity index (χ2v) is 8.04. The number of rotatable bonds is 6. The van der Waals surface area contributed by atoms with E-state index in [9.17, 15) is 4.79 Å². The second kappa shape index (κ2) is 9.11. The highest BCUT2D eigenvalue weighted by Gasteiger charge is 2.18. The Labute approximate surface area is 188 Å². The van der Waals surface area contributed by atoms with Gasteiger partial charge in [0.15, 0.2) is 0 Å². The molecule has 0 amide bonds. The lowest BCUT2D eigenvalue weighted by atomic mass is 9.88. The lowest BCUT2D eigenvalue weighted by Crippen LogP contribution is -1.97. The number of aliphatic carboxylic acids is 1. The van der Waals surface area contributed by atoms with E-state index in [0.29, 0.717) is 0 Å². The average Bonchev–Trinajstić information content (AvgIpc) is 3.12. The van der Waals surface area contributed by atoms with E-state index in [-0.39, 0.29) is 0 Å². The first kappa shape index (κ1) is 21.4. The molecule has 1 heterocycles. The molecule has 0 saturated heterocycles. The second-order valence-electron chi connectivity index (χ2n) is 8.04. The molecule has 0 spiro atoms. The number of allylic oxidation sites excluding steroid dienone is 1. The van der Waals surface area contributed by atoms with Crippen LogP contribution in [0.5, 0.6) is 0 Å². The van der Waals surface area contributed by atoms with Crippen molar-refractivity contribution < 1.29 is 9.90 Å². The molecule has 0 aliphatic rings. The van der Waals surface area contributed by atoms with E-state index >= 15 is 0 Å². The highest BCUT2D eigenvalue weighted by molar-refractivity contribution is 6.02. The first-order valence-corrected chi connectivity index (χ1v) is 10.9. The van der Waals surface area contributed by atoms with Crippen LogP contribution >= 0.6 is 0 Å². The zero-order chi connectivity index (χ0) is 22.7. The minimum Gasteiger partial charge on any atom is -0.478 e. The minimum absolute atomic E-state index is 0.859. The Morgan fingerprint density at radius 2 is 1.69 bits per heavy atom. The fourth-order valence-electron chi connectivity index (χ4n) is 4.29. The molecule has 3 nitrogen and oxygen atoms in total. The number of carboxylic acids is 1. The molecule has 0 aliphatic heterocycles. The molecule has 0 unspecified atom stereocenters. The fraction of sp³-hybridized carbons (Fsp3) is 0.138. The van der Waals surface area contributed by atoms with Gasteiger partial charge in [-0.2, -0.15) is 0 Å². The number of aromatic nitrogens is 1. The minimum atomic E-state index is -0.948. The number of carbonyl (C=O) groups is 1. The monoisotopic (exact) mass is 421 g/mol. The molecule has 1 aromatic heterocycles. The first-order valence-electron chi connectivity index (χ1n) is 10.9. The van der Waals surface area contributed by atoms with Crippen molar-refractivity contribution in [2.45, 2.75) is 27.2 Å². The predicted molar refractivity (Wildman–Crippen MR) is 134 cm³/mol. The Morgan fingerprint density at radius 1 is 0.938 bits per heavy atom. The maximum Gasteiger partial charge on any atom is 0.328 e. The summed E-state index contributed by atoms with van der Waals surface area (Å²) in [5.41, 5.74) is 10.3. The smallest absolute Gasteiger partial charge is 0.328 e. The van der Waals surface area contributed by atoms with Crippen molar-refractivity contribution in [1.82, 2.24) is 4.98 Å². The van der Waals surface area contributed by atoms with E-state index in [4.69, 9.17) is 5.11 Å². The van der Waals surface area contributed by atoms with Gasteiger partial charge in [0, 0.05) is 22.6 Å². The maximum atomic E-state index is 10.9. The van der Waals surface area contributed by atoms with Crippen LogP contribution < -0.4 is 0 Å². The van der Waals surface area contributed by atoms with E-state index in [1.807, 2.05) is 12.1 Å². The highest BCUT2D eigenvalue weighted by Crippen LogP contribution is 2.38. The van der Waals surface area contributed by atoms with Crippen LogP contribution in [-0.4, -0.2) is 16.1 Å². The largest absolute Gasteiger partial charge is 0.478 e. The zero-order valence-electron chi connectivity index (χ0n) is 18.6. The van der Waals surface area contributed by atoms with Gasteiger partial charge in [-0.1, -0.05) is 79.2 Å². The number of aryl methyl sites for hydroxylation is 2. The van der Waals surface area contributed by atoms with E-state index in [1.54, 1.807) is 6.08 Å². The number of hydrogen-bond acceptors (Lipinski definition) is 1. The van der Waals surface area contributed by atoms with Crippen LogP contribution in [0.25, 0.3) is 28.1 Å². The molecule has 0 aliphatic carbocycles. The summed E-state index contributed by atoms with van der Waals surface area (Å²) >= 11 is 0. The third-order valence-electron chi connectivity index (χ3n) is 5.86. The topological polar surface area (TPSA) is 53.1 Å². The van der Waals surface area contributed by atoms with Gasteiger partial charge in [-0.3, -0.25) is 0 Å². The fourth-order valence-corrected chi connectivity index (χ4v) is 4.29. The summed E-state index contributed by atoms with van der Waals surface area (Å²) in [5, 5.41) is 10.1. The molecule has 0 bridgehead atoms. The average molecular weight is 422 g/mol. The van der Waals surface area contributed by atoms with Crippen molar-refractivity contribution >= 4 is 34.1 Å². The van der Waals surface area contributed by atoms with Gasteiger partial charge in [0.1, 0.15) is 0 Å². The van der Waals surface area contributed by atoms with Gasteiger partial charge in [0.2, 0.25) is 0 Å². The van der Waals surface area contributed by atoms with Gasteiger partial charge in [0.05, 0.1) is 5.69 Å². The summed E-state index contributed by atoms with van der Waals surface area (Å²) in [5.74, 6) is -0.948. The molecule has 3 aromatic carbocycles. The highest BCUT2D eigenvalue weighted by atomic mass is 16.4. The van der Waals surface area contributed by atoms with Gasteiger partial charge in [-0.25, -0.2) is 4.79 Å². The molecule has 4 rings (SSSR count). The van der Waals surface area contributed by atoms with Crippen LogP contribution in [0.4, 0.5) is 0 Å². The Morgan fingerprint density at radius 3 is 2.34 bits per heavy atom. The van der Waals surface area contributed by atoms with Gasteiger partial charge in [-0.15, -0.1) is 0 Å². The normalized spacial score (nSPS) is 12.3. The Hall–Kier alpha value is -3.85. The van der Waals surface area contributed by atoms with Crippen molar-refractivity contribution in [3.05, 3.63) is 112 Å². The summed E-state index contributed by atoms with van der Waals surface area (Å²) in [4.78, 5) is 14.5. The van der Waals surface area contributed by atoms with Crippen molar-refractivity contribution in [3.8, 4) is 0 Å². The van der Waals surface area contributed by atoms with E-state index < -0.39 is 5.97 Å². The number of aromatic amines is 1. The number of benzene rings is 3. The Kier molecular flexibility index (Phi) is 6.09. The summed E-state index contributed by atoms with van der Waals surface area (Å²) in [6, 6.07) is 25.1. The molecule has 2 N–H and O–H groups in total. The Balaban J connectivity index is 1.96. The van der Waals surface area contributed by atoms with E-state index in [1.165, 1.54) is 33.2 Å². The van der Waals surface area contributed by atoms with Crippen LogP contribution in [0, 0.1) is 13.8 Å². The maximum absolute atomic E-state index is 10.9. The van der Waals surface area contributed by atoms with Crippen LogP contribution in [0.3, 0.4) is 0 Å². The summed E-state index contributed by atoms with van der Waals surface area (Å²) in [6.45, 7) is 6.48. The molecule has 3 heteroatoms. The van der Waals surface area contributed by atoms with Crippen LogP contribution in [0.1, 0.15) is 46.9 Å². The summed E-state index contributed by atoms with van der Waals surface area (Å²) in [7, 11) is 0. The molecular formula is C29H27NO2. The quantitative estimate of drug-likeness (QED) is 0.254. The third-order valence-corrected chi connectivity index (χ3v) is 5.86. The van der Waals surface area contributed by atoms with Gasteiger partial charge in [0.25, 0.3) is 0 Å². The number of para-hydroxylation sites is 1. The number of fused-ring (bicyclic) bond motifs is 1. The molecule has 160 valence electrons. The first-order chi connectivity index (χ1) is 15.5. The molecule has 0 atom stereocenters. The number of nitrogens with one attached hydrogen (secondary N) is 1. The van der Waals surface area contributed by atoms with Crippen LogP contribution in [-0.2, 0) is 4.79 Å².